The third kappa shape index (κ3) is 4.37. The van der Waals surface area contributed by atoms with Crippen molar-refractivity contribution < 1.29 is 19.1 Å². The van der Waals surface area contributed by atoms with Crippen molar-refractivity contribution in [1.29, 1.82) is 0 Å². The van der Waals surface area contributed by atoms with Crippen LogP contribution in [0.25, 0.3) is 10.9 Å². The van der Waals surface area contributed by atoms with Crippen LogP contribution in [0.15, 0.2) is 58.9 Å². The fourth-order valence-corrected chi connectivity index (χ4v) is 7.24. The van der Waals surface area contributed by atoms with E-state index in [9.17, 15) is 9.59 Å². The summed E-state index contributed by atoms with van der Waals surface area (Å²) < 4.78 is 11.9. The highest BCUT2D eigenvalue weighted by atomic mass is 16.5. The number of H-pyrrole nitrogens is 1. The van der Waals surface area contributed by atoms with Gasteiger partial charge in [-0.05, 0) is 88.5 Å². The normalized spacial score (nSPS) is 25.1. The van der Waals surface area contributed by atoms with Crippen LogP contribution in [-0.2, 0) is 19.1 Å². The van der Waals surface area contributed by atoms with Crippen LogP contribution in [0.4, 0.5) is 0 Å². The lowest BCUT2D eigenvalue weighted by Crippen LogP contribution is -2.47. The number of hydrogen-bond donors (Lipinski definition) is 1. The molecule has 208 valence electrons. The van der Waals surface area contributed by atoms with Gasteiger partial charge in [0.25, 0.3) is 0 Å². The monoisotopic (exact) mass is 539 g/mol. The summed E-state index contributed by atoms with van der Waals surface area (Å²) in [6.07, 6.45) is 3.89. The van der Waals surface area contributed by atoms with Crippen molar-refractivity contribution in [2.75, 3.05) is 20.2 Å². The zero-order valence-electron chi connectivity index (χ0n) is 23.9. The van der Waals surface area contributed by atoms with Crippen LogP contribution in [0, 0.1) is 26.7 Å². The molecule has 0 aliphatic carbocycles. The minimum Gasteiger partial charge on any atom is -0.465 e. The van der Waals surface area contributed by atoms with Crippen molar-refractivity contribution in [3.05, 3.63) is 81.7 Å². The zero-order valence-corrected chi connectivity index (χ0v) is 23.9. The number of rotatable bonds is 5. The van der Waals surface area contributed by atoms with Crippen LogP contribution in [0.2, 0.25) is 0 Å². The van der Waals surface area contributed by atoms with Crippen LogP contribution in [0.3, 0.4) is 0 Å². The molecule has 0 amide bonds. The summed E-state index contributed by atoms with van der Waals surface area (Å²) in [4.78, 5) is 38.6. The highest BCUT2D eigenvalue weighted by molar-refractivity contribution is 6.11. The van der Waals surface area contributed by atoms with Gasteiger partial charge in [-0.3, -0.25) is 14.7 Å². The third-order valence-electron chi connectivity index (χ3n) is 8.81. The number of aromatic nitrogens is 1. The van der Waals surface area contributed by atoms with E-state index in [1.165, 1.54) is 5.56 Å². The van der Waals surface area contributed by atoms with Crippen LogP contribution in [0.5, 0.6) is 0 Å². The Hall–Kier alpha value is -3.71. The summed E-state index contributed by atoms with van der Waals surface area (Å²) in [7, 11) is 2.09. The number of hydrogen-bond acceptors (Lipinski definition) is 6. The Kier molecular flexibility index (Phi) is 6.87. The molecule has 6 rings (SSSR count). The van der Waals surface area contributed by atoms with Crippen molar-refractivity contribution >= 4 is 28.6 Å². The smallest absolute Gasteiger partial charge is 0.337 e. The second kappa shape index (κ2) is 10.4. The number of cyclic esters (lactones) is 1. The maximum absolute atomic E-state index is 14.1. The lowest BCUT2D eigenvalue weighted by molar-refractivity contribution is -0.148. The van der Waals surface area contributed by atoms with Gasteiger partial charge in [0, 0.05) is 35.5 Å². The molecule has 40 heavy (non-hydrogen) atoms. The van der Waals surface area contributed by atoms with Gasteiger partial charge < -0.3 is 14.5 Å². The predicted octanol–water partition coefficient (Wildman–Crippen LogP) is 5.85. The third-order valence-corrected chi connectivity index (χ3v) is 8.81. The quantitative estimate of drug-likeness (QED) is 0.412. The van der Waals surface area contributed by atoms with E-state index in [0.717, 1.165) is 64.0 Å². The first-order chi connectivity index (χ1) is 19.3. The largest absolute Gasteiger partial charge is 0.465 e. The number of nitrogens with zero attached hydrogens (tertiary/aromatic N) is 2. The van der Waals surface area contributed by atoms with Gasteiger partial charge in [0.2, 0.25) is 0 Å². The summed E-state index contributed by atoms with van der Waals surface area (Å²) in [5.41, 5.74) is 8.31. The van der Waals surface area contributed by atoms with Gasteiger partial charge in [-0.25, -0.2) is 4.79 Å². The second-order valence-corrected chi connectivity index (χ2v) is 11.4. The summed E-state index contributed by atoms with van der Waals surface area (Å²) in [6, 6.07) is 12.3. The summed E-state index contributed by atoms with van der Waals surface area (Å²) in [5, 5.41) is 0.981. The van der Waals surface area contributed by atoms with Gasteiger partial charge in [0.1, 0.15) is 12.0 Å². The maximum Gasteiger partial charge on any atom is 0.337 e. The molecule has 0 bridgehead atoms. The fourth-order valence-electron chi connectivity index (χ4n) is 7.24. The zero-order chi connectivity index (χ0) is 28.1. The van der Waals surface area contributed by atoms with Gasteiger partial charge in [-0.15, -0.1) is 0 Å². The SMILES string of the molecule is CCOC(=O)C1C([C@@H]2CCCN2C)=NC2=C(C(=O)OC(c3c(C)cc(C)cc3C)C2)C1c1cccc2[nH]ccc12. The van der Waals surface area contributed by atoms with Crippen molar-refractivity contribution in [2.45, 2.75) is 65.0 Å². The number of benzene rings is 2. The molecule has 0 spiro atoms. The molecule has 7 heteroatoms. The molecule has 3 aliphatic heterocycles. The van der Waals surface area contributed by atoms with E-state index in [4.69, 9.17) is 14.5 Å². The molecule has 4 heterocycles. The number of ether oxygens (including phenoxy) is 2. The van der Waals surface area contributed by atoms with Crippen LogP contribution in [-0.4, -0.2) is 53.8 Å². The Labute approximate surface area is 235 Å². The standard InChI is InChI=1S/C33H37N3O4/c1-6-39-32(37)30-28(22-9-7-10-23-21(22)12-13-34-23)29-24(35-31(30)25-11-8-14-36(25)5)17-26(40-33(29)38)27-19(3)15-18(2)16-20(27)4/h7,9-10,12-13,15-16,25-26,28,30,34H,6,8,11,14,17H2,1-5H3/t25-,26?,28?,30?/m0/s1. The topological polar surface area (TPSA) is 84.0 Å². The first kappa shape index (κ1) is 26.5. The van der Waals surface area contributed by atoms with E-state index in [1.807, 2.05) is 37.4 Å². The highest BCUT2D eigenvalue weighted by Gasteiger charge is 2.50. The Morgan fingerprint density at radius 1 is 1.18 bits per heavy atom. The van der Waals surface area contributed by atoms with E-state index in [0.29, 0.717) is 12.0 Å². The van der Waals surface area contributed by atoms with Gasteiger partial charge in [0.15, 0.2) is 0 Å². The number of aryl methyl sites for hydroxylation is 3. The molecule has 4 atom stereocenters. The van der Waals surface area contributed by atoms with Crippen LogP contribution in [0.1, 0.15) is 66.0 Å². The van der Waals surface area contributed by atoms with Crippen molar-refractivity contribution in [2.24, 2.45) is 10.9 Å². The van der Waals surface area contributed by atoms with E-state index in [1.54, 1.807) is 0 Å². The van der Waals surface area contributed by atoms with E-state index < -0.39 is 23.9 Å². The number of carbonyl (C=O) groups excluding carboxylic acids is 2. The van der Waals surface area contributed by atoms with E-state index in [2.05, 4.69) is 49.8 Å². The van der Waals surface area contributed by atoms with Gasteiger partial charge in [-0.1, -0.05) is 29.8 Å². The minimum absolute atomic E-state index is 0.00984. The highest BCUT2D eigenvalue weighted by Crippen LogP contribution is 2.49. The molecule has 3 aromatic rings. The molecular weight excluding hydrogens is 502 g/mol. The number of aromatic amines is 1. The fraction of sp³-hybridized carbons (Fsp3) is 0.424. The Morgan fingerprint density at radius 2 is 1.95 bits per heavy atom. The first-order valence-electron chi connectivity index (χ1n) is 14.3. The summed E-state index contributed by atoms with van der Waals surface area (Å²) in [6.45, 7) is 9.24. The average Bonchev–Trinajstić information content (AvgIpc) is 3.56. The Balaban J connectivity index is 1.56. The number of carbonyl (C=O) groups is 2. The first-order valence-corrected chi connectivity index (χ1v) is 14.3. The molecule has 3 unspecified atom stereocenters. The molecular formula is C33H37N3O4. The number of esters is 2. The number of fused-ring (bicyclic) bond motifs is 1. The molecule has 2 aromatic carbocycles. The Morgan fingerprint density at radius 3 is 2.65 bits per heavy atom. The minimum atomic E-state index is -0.711. The summed E-state index contributed by atoms with van der Waals surface area (Å²) >= 11 is 0. The molecule has 1 fully saturated rings. The van der Waals surface area contributed by atoms with E-state index in [-0.39, 0.29) is 18.6 Å². The second-order valence-electron chi connectivity index (χ2n) is 11.4. The molecule has 0 radical (unpaired) electrons. The van der Waals surface area contributed by atoms with Crippen LogP contribution < -0.4 is 0 Å². The number of aliphatic imine (C=N–C) groups is 1. The number of likely N-dealkylation sites (tertiary alicyclic amines) is 1. The Bertz CT molecular complexity index is 1540. The van der Waals surface area contributed by atoms with Gasteiger partial charge >= 0.3 is 11.9 Å². The molecule has 7 nitrogen and oxygen atoms in total. The molecule has 1 N–H and O–H groups in total. The van der Waals surface area contributed by atoms with Crippen molar-refractivity contribution in [1.82, 2.24) is 9.88 Å². The lowest BCUT2D eigenvalue weighted by Gasteiger charge is -2.39. The molecule has 0 saturated carbocycles. The molecule has 1 aromatic heterocycles. The molecule has 1 saturated heterocycles. The van der Waals surface area contributed by atoms with Gasteiger partial charge in [-0.2, -0.15) is 0 Å². The van der Waals surface area contributed by atoms with Crippen LogP contribution >= 0.6 is 0 Å². The number of nitrogens with one attached hydrogen (secondary N) is 1. The summed E-state index contributed by atoms with van der Waals surface area (Å²) in [5.74, 6) is -2.01. The van der Waals surface area contributed by atoms with E-state index >= 15 is 0 Å². The van der Waals surface area contributed by atoms with Gasteiger partial charge in [0.05, 0.1) is 23.6 Å². The predicted molar refractivity (Wildman–Crippen MR) is 155 cm³/mol. The maximum atomic E-state index is 14.1. The average molecular weight is 540 g/mol. The molecule has 3 aliphatic rings. The van der Waals surface area contributed by atoms with Crippen molar-refractivity contribution in [3.8, 4) is 0 Å². The lowest BCUT2D eigenvalue weighted by atomic mass is 9.71. The van der Waals surface area contributed by atoms with Crippen molar-refractivity contribution in [3.63, 3.8) is 0 Å².